The molecule has 10 heavy (non-hydrogen) atoms. The number of hydrogen-bond donors (Lipinski definition) is 2. The molecule has 2 N–H and O–H groups in total. The van der Waals surface area contributed by atoms with E-state index in [0.29, 0.717) is 0 Å². The molecule has 64 valence electrons. The number of nitrogens with two attached hydrogens (primary N) is 1. The summed E-state index contributed by atoms with van der Waals surface area (Å²) in [6.07, 6.45) is 0. The Hall–Kier alpha value is 0.700. The average molecular weight is 252 g/mol. The van der Waals surface area contributed by atoms with Crippen LogP contribution in [-0.4, -0.2) is 19.7 Å². The van der Waals surface area contributed by atoms with Crippen LogP contribution in [0.25, 0.3) is 0 Å². The highest BCUT2D eigenvalue weighted by molar-refractivity contribution is 8.93. The summed E-state index contributed by atoms with van der Waals surface area (Å²) in [5.74, 6) is 0. The maximum atomic E-state index is 10.6. The van der Waals surface area contributed by atoms with E-state index in [9.17, 15) is 8.42 Å². The summed E-state index contributed by atoms with van der Waals surface area (Å²) in [6.45, 7) is 1.23. The van der Waals surface area contributed by atoms with E-state index < -0.39 is 14.3 Å². The molecule has 0 aromatic carbocycles. The van der Waals surface area contributed by atoms with Crippen LogP contribution in [-0.2, 0) is 14.3 Å². The van der Waals surface area contributed by atoms with Crippen LogP contribution in [0.15, 0.2) is 0 Å². The molecular weight excluding hydrogens is 242 g/mol. The average Bonchev–Trinajstić information content (AvgIpc) is 1.64. The van der Waals surface area contributed by atoms with Gasteiger partial charge in [0.25, 0.3) is 10.1 Å². The van der Waals surface area contributed by atoms with E-state index in [4.69, 9.17) is 5.73 Å². The van der Waals surface area contributed by atoms with E-state index in [2.05, 4.69) is 16.8 Å². The van der Waals surface area contributed by atoms with E-state index in [-0.39, 0.29) is 17.0 Å². The molecule has 0 aliphatic rings. The highest BCUT2D eigenvalue weighted by atomic mass is 79.9. The largest absolute Gasteiger partial charge is 0.303 e. The van der Waals surface area contributed by atoms with Gasteiger partial charge in [0.05, 0.1) is 7.11 Å². The third-order valence-electron chi connectivity index (χ3n) is 0.726. The van der Waals surface area contributed by atoms with Crippen LogP contribution in [0, 0.1) is 0 Å². The van der Waals surface area contributed by atoms with Crippen LogP contribution in [0.3, 0.4) is 0 Å². The van der Waals surface area contributed by atoms with Crippen LogP contribution in [0.5, 0.6) is 0 Å². The minimum Gasteiger partial charge on any atom is -0.303 e. The molecule has 0 fully saturated rings. The van der Waals surface area contributed by atoms with Crippen LogP contribution >= 0.6 is 29.6 Å². The quantitative estimate of drug-likeness (QED) is 0.415. The molecule has 0 aliphatic heterocycles. The number of halogens is 1. The van der Waals surface area contributed by atoms with Crippen LogP contribution < -0.4 is 5.73 Å². The Morgan fingerprint density at radius 3 is 1.90 bits per heavy atom. The smallest absolute Gasteiger partial charge is 0.295 e. The zero-order valence-electron chi connectivity index (χ0n) is 5.57. The highest BCUT2D eigenvalue weighted by Crippen LogP contribution is 2.14. The summed E-state index contributed by atoms with van der Waals surface area (Å²) in [5, 5.41) is 0. The van der Waals surface area contributed by atoms with Crippen LogP contribution in [0.1, 0.15) is 6.92 Å². The fourth-order valence-electron chi connectivity index (χ4n) is 0.169. The highest BCUT2D eigenvalue weighted by Gasteiger charge is 2.30. The molecule has 4 nitrogen and oxygen atoms in total. The van der Waals surface area contributed by atoms with E-state index in [1.165, 1.54) is 6.92 Å². The maximum Gasteiger partial charge on any atom is 0.295 e. The van der Waals surface area contributed by atoms with Crippen molar-refractivity contribution in [2.24, 2.45) is 5.73 Å². The number of thiol groups is 1. The summed E-state index contributed by atoms with van der Waals surface area (Å²) in [5.41, 5.74) is 5.07. The molecule has 1 atom stereocenters. The lowest BCUT2D eigenvalue weighted by molar-refractivity contribution is 0.386. The molecule has 1 unspecified atom stereocenters. The van der Waals surface area contributed by atoms with Crippen molar-refractivity contribution in [2.75, 3.05) is 7.11 Å². The third kappa shape index (κ3) is 3.20. The summed E-state index contributed by atoms with van der Waals surface area (Å²) in [7, 11) is -2.66. The first-order valence-corrected chi connectivity index (χ1v) is 3.98. The molecule has 0 aromatic heterocycles. The molecule has 0 aliphatic carbocycles. The molecule has 0 bridgehead atoms. The summed E-state index contributed by atoms with van der Waals surface area (Å²) in [4.78, 5) is 0. The first kappa shape index (κ1) is 13.3. The Morgan fingerprint density at radius 1 is 1.60 bits per heavy atom. The fourth-order valence-corrected chi connectivity index (χ4v) is 0.730. The van der Waals surface area contributed by atoms with Gasteiger partial charge in [0.1, 0.15) is 0 Å². The van der Waals surface area contributed by atoms with E-state index in [0.717, 1.165) is 7.11 Å². The maximum absolute atomic E-state index is 10.6. The minimum absolute atomic E-state index is 0. The summed E-state index contributed by atoms with van der Waals surface area (Å²) < 4.78 is 23.7. The van der Waals surface area contributed by atoms with Gasteiger partial charge in [-0.25, -0.2) is 0 Å². The van der Waals surface area contributed by atoms with Crippen molar-refractivity contribution in [3.63, 3.8) is 0 Å². The van der Waals surface area contributed by atoms with Crippen molar-refractivity contribution in [1.82, 2.24) is 0 Å². The van der Waals surface area contributed by atoms with Gasteiger partial charge in [0, 0.05) is 0 Å². The van der Waals surface area contributed by atoms with Gasteiger partial charge in [-0.05, 0) is 6.92 Å². The summed E-state index contributed by atoms with van der Waals surface area (Å²) in [6, 6.07) is 0. The monoisotopic (exact) mass is 251 g/mol. The zero-order chi connectivity index (χ0) is 7.71. The van der Waals surface area contributed by atoms with Gasteiger partial charge in [-0.15, -0.1) is 29.6 Å². The van der Waals surface area contributed by atoms with Crippen molar-refractivity contribution in [3.8, 4) is 0 Å². The fraction of sp³-hybridized carbons (Fsp3) is 1.00. The van der Waals surface area contributed by atoms with Gasteiger partial charge in [0.2, 0.25) is 0 Å². The molecule has 0 rings (SSSR count). The Labute approximate surface area is 76.4 Å². The molecule has 0 saturated heterocycles. The molecular formula is C3H10BrNO3S2. The van der Waals surface area contributed by atoms with Gasteiger partial charge in [-0.2, -0.15) is 8.42 Å². The Balaban J connectivity index is 0. The SMILES string of the molecule is Br.COS(=O)(=O)C(C)(N)S. The summed E-state index contributed by atoms with van der Waals surface area (Å²) >= 11 is 3.58. The second kappa shape index (κ2) is 3.91. The lowest BCUT2D eigenvalue weighted by atomic mass is 10.8. The predicted molar refractivity (Wildman–Crippen MR) is 47.8 cm³/mol. The molecule has 0 amide bonds. The van der Waals surface area contributed by atoms with Crippen LogP contribution in [0.2, 0.25) is 0 Å². The zero-order valence-corrected chi connectivity index (χ0v) is 8.99. The molecule has 0 aromatic rings. The van der Waals surface area contributed by atoms with Crippen molar-refractivity contribution in [2.45, 2.75) is 11.1 Å². The predicted octanol–water partition coefficient (Wildman–Crippen LogP) is 0.103. The van der Waals surface area contributed by atoms with Gasteiger partial charge >= 0.3 is 0 Å². The van der Waals surface area contributed by atoms with Crippen molar-refractivity contribution in [1.29, 1.82) is 0 Å². The second-order valence-corrected chi connectivity index (χ2v) is 5.00. The second-order valence-electron chi connectivity index (χ2n) is 1.68. The normalized spacial score (nSPS) is 17.2. The van der Waals surface area contributed by atoms with Crippen LogP contribution in [0.4, 0.5) is 0 Å². The molecule has 0 radical (unpaired) electrons. The van der Waals surface area contributed by atoms with E-state index >= 15 is 0 Å². The van der Waals surface area contributed by atoms with E-state index in [1.807, 2.05) is 0 Å². The standard InChI is InChI=1S/C3H9NO3S2.BrH/c1-3(4,8)9(5,6)7-2;/h8H,4H2,1-2H3;1H. The molecule has 0 spiro atoms. The Bertz CT molecular complexity index is 182. The number of rotatable bonds is 2. The Kier molecular flexibility index (Phi) is 5.20. The topological polar surface area (TPSA) is 69.4 Å². The minimum atomic E-state index is -3.69. The van der Waals surface area contributed by atoms with Gasteiger partial charge in [0.15, 0.2) is 4.20 Å². The van der Waals surface area contributed by atoms with Crippen molar-refractivity contribution < 1.29 is 12.6 Å². The Morgan fingerprint density at radius 2 is 1.90 bits per heavy atom. The lowest BCUT2D eigenvalue weighted by Crippen LogP contribution is -2.39. The van der Waals surface area contributed by atoms with E-state index in [1.54, 1.807) is 0 Å². The number of hydrogen-bond acceptors (Lipinski definition) is 5. The van der Waals surface area contributed by atoms with Gasteiger partial charge < -0.3 is 5.73 Å². The van der Waals surface area contributed by atoms with Crippen molar-refractivity contribution in [3.05, 3.63) is 0 Å². The third-order valence-corrected chi connectivity index (χ3v) is 2.85. The first-order valence-electron chi connectivity index (χ1n) is 2.12. The molecule has 0 heterocycles. The first-order chi connectivity index (χ1) is 3.81. The van der Waals surface area contributed by atoms with Gasteiger partial charge in [-0.1, -0.05) is 0 Å². The van der Waals surface area contributed by atoms with Crippen molar-refractivity contribution >= 4 is 39.7 Å². The van der Waals surface area contributed by atoms with Gasteiger partial charge in [-0.3, -0.25) is 4.18 Å². The molecule has 7 heteroatoms. The lowest BCUT2D eigenvalue weighted by Gasteiger charge is -2.14. The molecule has 0 saturated carbocycles.